The summed E-state index contributed by atoms with van der Waals surface area (Å²) in [5.41, 5.74) is 2.89. The minimum absolute atomic E-state index is 0.0520. The summed E-state index contributed by atoms with van der Waals surface area (Å²) in [6, 6.07) is 13.4. The van der Waals surface area contributed by atoms with Crippen LogP contribution in [0, 0.1) is 12.7 Å². The number of hydrogen-bond donors (Lipinski definition) is 1. The molecule has 138 valence electrons. The van der Waals surface area contributed by atoms with Crippen molar-refractivity contribution in [3.8, 4) is 10.6 Å². The molecule has 2 aromatic carbocycles. The SMILES string of the molecule is Cc1ccc(NC(=O)COC(=O)Cc2csc(-c3cccc(F)c3)n2)cc1. The summed E-state index contributed by atoms with van der Waals surface area (Å²) >= 11 is 1.32. The molecule has 0 spiro atoms. The number of rotatable bonds is 6. The van der Waals surface area contributed by atoms with Gasteiger partial charge < -0.3 is 10.1 Å². The maximum atomic E-state index is 13.3. The number of aryl methyl sites for hydroxylation is 1. The maximum Gasteiger partial charge on any atom is 0.312 e. The third-order valence-corrected chi connectivity index (χ3v) is 4.59. The molecule has 7 heteroatoms. The van der Waals surface area contributed by atoms with Gasteiger partial charge in [0.25, 0.3) is 5.91 Å². The van der Waals surface area contributed by atoms with Gasteiger partial charge in [0.2, 0.25) is 0 Å². The molecular weight excluding hydrogens is 367 g/mol. The third kappa shape index (κ3) is 5.46. The fourth-order valence-electron chi connectivity index (χ4n) is 2.32. The molecule has 0 saturated carbocycles. The lowest BCUT2D eigenvalue weighted by Crippen LogP contribution is -2.21. The van der Waals surface area contributed by atoms with E-state index in [0.29, 0.717) is 22.0 Å². The van der Waals surface area contributed by atoms with Crippen molar-refractivity contribution in [1.82, 2.24) is 4.98 Å². The van der Waals surface area contributed by atoms with Gasteiger partial charge in [0.05, 0.1) is 12.1 Å². The van der Waals surface area contributed by atoms with Crippen molar-refractivity contribution in [2.75, 3.05) is 11.9 Å². The van der Waals surface area contributed by atoms with Gasteiger partial charge in [0.1, 0.15) is 10.8 Å². The molecule has 3 aromatic rings. The van der Waals surface area contributed by atoms with Gasteiger partial charge in [-0.3, -0.25) is 9.59 Å². The minimum atomic E-state index is -0.551. The van der Waals surface area contributed by atoms with Crippen LogP contribution in [0.15, 0.2) is 53.9 Å². The summed E-state index contributed by atoms with van der Waals surface area (Å²) in [5.74, 6) is -1.31. The first-order valence-electron chi connectivity index (χ1n) is 8.22. The number of aromatic nitrogens is 1. The van der Waals surface area contributed by atoms with Crippen LogP contribution in [0.4, 0.5) is 10.1 Å². The highest BCUT2D eigenvalue weighted by Crippen LogP contribution is 2.24. The Morgan fingerprint density at radius 1 is 1.19 bits per heavy atom. The number of benzene rings is 2. The Morgan fingerprint density at radius 3 is 2.70 bits per heavy atom. The van der Waals surface area contributed by atoms with Gasteiger partial charge in [-0.2, -0.15) is 0 Å². The number of amides is 1. The molecule has 1 aromatic heterocycles. The number of nitrogens with zero attached hydrogens (tertiary/aromatic N) is 1. The van der Waals surface area contributed by atoms with Crippen LogP contribution in [0.2, 0.25) is 0 Å². The van der Waals surface area contributed by atoms with E-state index < -0.39 is 11.9 Å². The first-order valence-corrected chi connectivity index (χ1v) is 9.10. The summed E-state index contributed by atoms with van der Waals surface area (Å²) in [6.07, 6.45) is -0.0520. The topological polar surface area (TPSA) is 68.3 Å². The van der Waals surface area contributed by atoms with Crippen LogP contribution >= 0.6 is 11.3 Å². The largest absolute Gasteiger partial charge is 0.455 e. The fourth-order valence-corrected chi connectivity index (χ4v) is 3.14. The third-order valence-electron chi connectivity index (χ3n) is 3.65. The predicted molar refractivity (Wildman–Crippen MR) is 102 cm³/mol. The monoisotopic (exact) mass is 384 g/mol. The van der Waals surface area contributed by atoms with Gasteiger partial charge in [-0.15, -0.1) is 11.3 Å². The van der Waals surface area contributed by atoms with E-state index in [1.165, 1.54) is 23.5 Å². The van der Waals surface area contributed by atoms with Crippen LogP contribution in [0.5, 0.6) is 0 Å². The van der Waals surface area contributed by atoms with E-state index >= 15 is 0 Å². The van der Waals surface area contributed by atoms with Crippen molar-refractivity contribution in [3.63, 3.8) is 0 Å². The van der Waals surface area contributed by atoms with Crippen LogP contribution in [0.25, 0.3) is 10.6 Å². The molecule has 1 heterocycles. The summed E-state index contributed by atoms with van der Waals surface area (Å²) in [5, 5.41) is 4.99. The molecule has 27 heavy (non-hydrogen) atoms. The number of esters is 1. The molecule has 0 atom stereocenters. The van der Waals surface area contributed by atoms with E-state index in [-0.39, 0.29) is 18.8 Å². The lowest BCUT2D eigenvalue weighted by molar-refractivity contribution is -0.146. The Morgan fingerprint density at radius 2 is 1.96 bits per heavy atom. The first-order chi connectivity index (χ1) is 13.0. The second-order valence-electron chi connectivity index (χ2n) is 5.91. The van der Waals surface area contributed by atoms with Gasteiger partial charge in [-0.1, -0.05) is 29.8 Å². The average Bonchev–Trinajstić information content (AvgIpc) is 3.10. The Kier molecular flexibility index (Phi) is 5.93. The highest BCUT2D eigenvalue weighted by Gasteiger charge is 2.12. The average molecular weight is 384 g/mol. The van der Waals surface area contributed by atoms with E-state index in [1.54, 1.807) is 29.6 Å². The van der Waals surface area contributed by atoms with E-state index in [9.17, 15) is 14.0 Å². The smallest absolute Gasteiger partial charge is 0.312 e. The minimum Gasteiger partial charge on any atom is -0.455 e. The summed E-state index contributed by atoms with van der Waals surface area (Å²) < 4.78 is 18.3. The van der Waals surface area contributed by atoms with Crippen molar-refractivity contribution >= 4 is 28.9 Å². The number of hydrogen-bond acceptors (Lipinski definition) is 5. The van der Waals surface area contributed by atoms with Crippen LogP contribution in [-0.2, 0) is 20.7 Å². The Hall–Kier alpha value is -3.06. The number of halogens is 1. The quantitative estimate of drug-likeness (QED) is 0.653. The number of carbonyl (C=O) groups excluding carboxylic acids is 2. The van der Waals surface area contributed by atoms with Crippen molar-refractivity contribution < 1.29 is 18.7 Å². The number of ether oxygens (including phenoxy) is 1. The normalized spacial score (nSPS) is 10.4. The second-order valence-corrected chi connectivity index (χ2v) is 6.76. The Balaban J connectivity index is 1.49. The van der Waals surface area contributed by atoms with Crippen LogP contribution in [-0.4, -0.2) is 23.5 Å². The maximum absolute atomic E-state index is 13.3. The molecule has 0 radical (unpaired) electrons. The molecule has 0 aliphatic rings. The number of carbonyl (C=O) groups is 2. The standard InChI is InChI=1S/C20H17FN2O3S/c1-13-5-7-16(8-6-13)22-18(24)11-26-19(25)10-17-12-27-20(23-17)14-3-2-4-15(21)9-14/h2-9,12H,10-11H2,1H3,(H,22,24). The molecule has 0 fully saturated rings. The highest BCUT2D eigenvalue weighted by molar-refractivity contribution is 7.13. The molecule has 0 bridgehead atoms. The molecule has 5 nitrogen and oxygen atoms in total. The molecule has 0 unspecified atom stereocenters. The van der Waals surface area contributed by atoms with Gasteiger partial charge in [-0.05, 0) is 31.2 Å². The zero-order valence-corrected chi connectivity index (χ0v) is 15.4. The Labute approximate surface area is 159 Å². The summed E-state index contributed by atoms with van der Waals surface area (Å²) in [4.78, 5) is 28.1. The first kappa shape index (κ1) is 18.7. The molecule has 3 rings (SSSR count). The molecular formula is C20H17FN2O3S. The van der Waals surface area contributed by atoms with Crippen LogP contribution < -0.4 is 5.32 Å². The molecule has 0 aliphatic carbocycles. The van der Waals surface area contributed by atoms with Crippen molar-refractivity contribution in [2.45, 2.75) is 13.3 Å². The van der Waals surface area contributed by atoms with E-state index in [0.717, 1.165) is 5.56 Å². The molecule has 0 aliphatic heterocycles. The zero-order valence-electron chi connectivity index (χ0n) is 14.6. The highest BCUT2D eigenvalue weighted by atomic mass is 32.1. The summed E-state index contributed by atoms with van der Waals surface area (Å²) in [6.45, 7) is 1.58. The van der Waals surface area contributed by atoms with Crippen LogP contribution in [0.1, 0.15) is 11.3 Å². The summed E-state index contributed by atoms with van der Waals surface area (Å²) in [7, 11) is 0. The van der Waals surface area contributed by atoms with Gasteiger partial charge in [-0.25, -0.2) is 9.37 Å². The lowest BCUT2D eigenvalue weighted by atomic mass is 10.2. The van der Waals surface area contributed by atoms with E-state index in [1.807, 2.05) is 19.1 Å². The number of nitrogens with one attached hydrogen (secondary N) is 1. The van der Waals surface area contributed by atoms with Crippen molar-refractivity contribution in [2.24, 2.45) is 0 Å². The second kappa shape index (κ2) is 8.55. The van der Waals surface area contributed by atoms with Crippen molar-refractivity contribution in [3.05, 3.63) is 71.0 Å². The number of thiazole rings is 1. The zero-order chi connectivity index (χ0) is 19.2. The molecule has 1 amide bonds. The fraction of sp³-hybridized carbons (Fsp3) is 0.150. The van der Waals surface area contributed by atoms with E-state index in [2.05, 4.69) is 10.3 Å². The lowest BCUT2D eigenvalue weighted by Gasteiger charge is -2.06. The number of anilines is 1. The van der Waals surface area contributed by atoms with E-state index in [4.69, 9.17) is 4.74 Å². The van der Waals surface area contributed by atoms with Gasteiger partial charge in [0, 0.05) is 16.6 Å². The van der Waals surface area contributed by atoms with Gasteiger partial charge >= 0.3 is 5.97 Å². The van der Waals surface area contributed by atoms with Gasteiger partial charge in [0.15, 0.2) is 6.61 Å². The Bertz CT molecular complexity index is 954. The van der Waals surface area contributed by atoms with Crippen LogP contribution in [0.3, 0.4) is 0 Å². The predicted octanol–water partition coefficient (Wildman–Crippen LogP) is 3.98. The molecule has 1 N–H and O–H groups in total. The van der Waals surface area contributed by atoms with Crippen molar-refractivity contribution in [1.29, 1.82) is 0 Å². The molecule has 0 saturated heterocycles.